The van der Waals surface area contributed by atoms with Crippen molar-refractivity contribution in [2.45, 2.75) is 24.3 Å². The Morgan fingerprint density at radius 2 is 2.40 bits per heavy atom. The highest BCUT2D eigenvalue weighted by Gasteiger charge is 2.19. The van der Waals surface area contributed by atoms with Crippen molar-refractivity contribution in [3.8, 4) is 0 Å². The lowest BCUT2D eigenvalue weighted by atomic mass is 10.2. The van der Waals surface area contributed by atoms with Gasteiger partial charge in [-0.25, -0.2) is 0 Å². The van der Waals surface area contributed by atoms with Crippen LogP contribution in [0.4, 0.5) is 5.69 Å². The molecule has 1 aromatic rings. The summed E-state index contributed by atoms with van der Waals surface area (Å²) in [5, 5.41) is 3.55. The Bertz CT molecular complexity index is 368. The average Bonchev–Trinajstić information content (AvgIpc) is 2.19. The van der Waals surface area contributed by atoms with E-state index in [2.05, 4.69) is 40.3 Å². The van der Waals surface area contributed by atoms with Gasteiger partial charge in [0.15, 0.2) is 0 Å². The van der Waals surface area contributed by atoms with E-state index < -0.39 is 0 Å². The smallest absolute Gasteiger partial charge is 0.0625 e. The minimum atomic E-state index is 0.506. The number of hydrogen-bond acceptors (Lipinski definition) is 3. The molecule has 82 valence electrons. The van der Waals surface area contributed by atoms with E-state index in [1.54, 1.807) is 0 Å². The van der Waals surface area contributed by atoms with Crippen molar-refractivity contribution < 1.29 is 0 Å². The number of aryl methyl sites for hydroxylation is 1. The Morgan fingerprint density at radius 3 is 3.13 bits per heavy atom. The quantitative estimate of drug-likeness (QED) is 0.878. The maximum Gasteiger partial charge on any atom is 0.0625 e. The molecule has 1 aliphatic heterocycles. The fraction of sp³-hybridized carbons (Fsp3) is 0.455. The van der Waals surface area contributed by atoms with Crippen LogP contribution in [0, 0.1) is 6.92 Å². The molecule has 1 aromatic carbocycles. The van der Waals surface area contributed by atoms with Gasteiger partial charge in [-0.05, 0) is 53.5 Å². The molecule has 1 aliphatic rings. The third kappa shape index (κ3) is 2.49. The minimum absolute atomic E-state index is 0.506. The summed E-state index contributed by atoms with van der Waals surface area (Å²) in [5.41, 5.74) is 8.11. The molecular weight excluding hydrogens is 272 g/mol. The van der Waals surface area contributed by atoms with Crippen molar-refractivity contribution >= 4 is 33.4 Å². The first-order valence-corrected chi connectivity index (χ1v) is 6.88. The van der Waals surface area contributed by atoms with Crippen LogP contribution in [0.3, 0.4) is 0 Å². The predicted octanol–water partition coefficient (Wildman–Crippen LogP) is 2.99. The zero-order chi connectivity index (χ0) is 10.8. The average molecular weight is 287 g/mol. The van der Waals surface area contributed by atoms with Crippen molar-refractivity contribution in [2.75, 3.05) is 17.6 Å². The van der Waals surface area contributed by atoms with Gasteiger partial charge in [0, 0.05) is 21.2 Å². The number of anilines is 1. The molecule has 3 N–H and O–H groups in total. The van der Waals surface area contributed by atoms with Crippen LogP contribution < -0.4 is 11.1 Å². The number of benzene rings is 1. The van der Waals surface area contributed by atoms with Gasteiger partial charge in [-0.3, -0.25) is 0 Å². The Labute approximate surface area is 103 Å². The summed E-state index contributed by atoms with van der Waals surface area (Å²) in [5.74, 6) is 1.11. The Kier molecular flexibility index (Phi) is 3.59. The molecule has 2 rings (SSSR count). The molecule has 1 unspecified atom stereocenters. The second-order valence-corrected chi connectivity index (χ2v) is 5.77. The molecule has 0 saturated heterocycles. The number of hydrogen-bond donors (Lipinski definition) is 2. The standard InChI is InChI=1S/C11H15BrN2S/c1-7-4-9(12)11-10(5-7)15-6-8(14-11)2-3-13/h4-5,8,14H,2-3,6,13H2,1H3. The number of halogens is 1. The maximum absolute atomic E-state index is 5.58. The normalized spacial score (nSPS) is 19.5. The van der Waals surface area contributed by atoms with Crippen LogP contribution in [-0.2, 0) is 0 Å². The lowest BCUT2D eigenvalue weighted by molar-refractivity contribution is 0.717. The van der Waals surface area contributed by atoms with E-state index in [0.29, 0.717) is 6.04 Å². The maximum atomic E-state index is 5.58. The second-order valence-electron chi connectivity index (χ2n) is 3.85. The van der Waals surface area contributed by atoms with E-state index in [9.17, 15) is 0 Å². The molecule has 0 radical (unpaired) electrons. The number of nitrogens with two attached hydrogens (primary N) is 1. The first-order valence-electron chi connectivity index (χ1n) is 5.10. The summed E-state index contributed by atoms with van der Waals surface area (Å²) in [7, 11) is 0. The summed E-state index contributed by atoms with van der Waals surface area (Å²) in [6.07, 6.45) is 1.03. The largest absolute Gasteiger partial charge is 0.380 e. The van der Waals surface area contributed by atoms with Crippen LogP contribution in [0.2, 0.25) is 0 Å². The summed E-state index contributed by atoms with van der Waals surface area (Å²) in [4.78, 5) is 1.34. The first kappa shape index (κ1) is 11.3. The van der Waals surface area contributed by atoms with Crippen molar-refractivity contribution in [1.29, 1.82) is 0 Å². The fourth-order valence-corrected chi connectivity index (χ4v) is 3.79. The predicted molar refractivity (Wildman–Crippen MR) is 70.7 cm³/mol. The summed E-state index contributed by atoms with van der Waals surface area (Å²) in [6, 6.07) is 4.89. The van der Waals surface area contributed by atoms with Crippen molar-refractivity contribution in [2.24, 2.45) is 5.73 Å². The molecule has 0 aliphatic carbocycles. The molecule has 15 heavy (non-hydrogen) atoms. The number of nitrogens with one attached hydrogen (secondary N) is 1. The summed E-state index contributed by atoms with van der Waals surface area (Å²) >= 11 is 5.52. The molecule has 0 amide bonds. The molecule has 2 nitrogen and oxygen atoms in total. The van der Waals surface area contributed by atoms with Crippen molar-refractivity contribution in [3.63, 3.8) is 0 Å². The molecule has 0 fully saturated rings. The van der Waals surface area contributed by atoms with Gasteiger partial charge in [0.1, 0.15) is 0 Å². The highest BCUT2D eigenvalue weighted by atomic mass is 79.9. The monoisotopic (exact) mass is 286 g/mol. The molecule has 1 heterocycles. The summed E-state index contributed by atoms with van der Waals surface area (Å²) < 4.78 is 1.16. The second kappa shape index (κ2) is 4.76. The summed E-state index contributed by atoms with van der Waals surface area (Å²) in [6.45, 7) is 2.87. The Hall–Kier alpha value is -0.190. The molecule has 0 spiro atoms. The van der Waals surface area contributed by atoms with Gasteiger partial charge in [0.2, 0.25) is 0 Å². The fourth-order valence-electron chi connectivity index (χ4n) is 1.76. The van der Waals surface area contributed by atoms with Gasteiger partial charge >= 0.3 is 0 Å². The lowest BCUT2D eigenvalue weighted by Gasteiger charge is -2.27. The zero-order valence-electron chi connectivity index (χ0n) is 8.72. The van der Waals surface area contributed by atoms with Crippen molar-refractivity contribution in [3.05, 3.63) is 22.2 Å². The number of thioether (sulfide) groups is 1. The Morgan fingerprint density at radius 1 is 1.60 bits per heavy atom. The molecule has 0 aromatic heterocycles. The molecule has 4 heteroatoms. The van der Waals surface area contributed by atoms with E-state index >= 15 is 0 Å². The lowest BCUT2D eigenvalue weighted by Crippen LogP contribution is -2.28. The van der Waals surface area contributed by atoms with Gasteiger partial charge in [0.25, 0.3) is 0 Å². The van der Waals surface area contributed by atoms with Gasteiger partial charge < -0.3 is 11.1 Å². The molecule has 0 bridgehead atoms. The van der Waals surface area contributed by atoms with E-state index in [0.717, 1.165) is 23.2 Å². The topological polar surface area (TPSA) is 38.0 Å². The molecule has 0 saturated carbocycles. The van der Waals surface area contributed by atoms with E-state index in [1.165, 1.54) is 16.1 Å². The Balaban J connectivity index is 2.25. The van der Waals surface area contributed by atoms with E-state index in [-0.39, 0.29) is 0 Å². The van der Waals surface area contributed by atoms with Gasteiger partial charge in [-0.15, -0.1) is 11.8 Å². The van der Waals surface area contributed by atoms with Crippen LogP contribution >= 0.6 is 27.7 Å². The van der Waals surface area contributed by atoms with Gasteiger partial charge in [-0.1, -0.05) is 0 Å². The van der Waals surface area contributed by atoms with E-state index in [1.807, 2.05) is 11.8 Å². The van der Waals surface area contributed by atoms with E-state index in [4.69, 9.17) is 5.73 Å². The van der Waals surface area contributed by atoms with Crippen LogP contribution in [0.25, 0.3) is 0 Å². The highest BCUT2D eigenvalue weighted by molar-refractivity contribution is 9.10. The third-order valence-electron chi connectivity index (χ3n) is 2.50. The van der Waals surface area contributed by atoms with Crippen LogP contribution in [0.15, 0.2) is 21.5 Å². The first-order chi connectivity index (χ1) is 7.20. The van der Waals surface area contributed by atoms with Crippen LogP contribution in [0.5, 0.6) is 0 Å². The van der Waals surface area contributed by atoms with Crippen LogP contribution in [0.1, 0.15) is 12.0 Å². The SMILES string of the molecule is Cc1cc(Br)c2c(c1)SCC(CCN)N2. The molecular formula is C11H15BrN2S. The number of fused-ring (bicyclic) bond motifs is 1. The highest BCUT2D eigenvalue weighted by Crippen LogP contribution is 2.39. The van der Waals surface area contributed by atoms with Crippen molar-refractivity contribution in [1.82, 2.24) is 0 Å². The van der Waals surface area contributed by atoms with Gasteiger partial charge in [0.05, 0.1) is 5.69 Å². The molecule has 1 atom stereocenters. The zero-order valence-corrected chi connectivity index (χ0v) is 11.1. The third-order valence-corrected chi connectivity index (χ3v) is 4.33. The van der Waals surface area contributed by atoms with Crippen LogP contribution in [-0.4, -0.2) is 18.3 Å². The minimum Gasteiger partial charge on any atom is -0.380 e. The number of rotatable bonds is 2. The van der Waals surface area contributed by atoms with Gasteiger partial charge in [-0.2, -0.15) is 0 Å².